The predicted octanol–water partition coefficient (Wildman–Crippen LogP) is 0.481. The Morgan fingerprint density at radius 1 is 1.04 bits per heavy atom. The van der Waals surface area contributed by atoms with Crippen molar-refractivity contribution in [3.63, 3.8) is 0 Å². The van der Waals surface area contributed by atoms with Gasteiger partial charge in [-0.3, -0.25) is 10.8 Å². The quantitative estimate of drug-likeness (QED) is 0.255. The zero-order valence-corrected chi connectivity index (χ0v) is 14.2. The van der Waals surface area contributed by atoms with Gasteiger partial charge < -0.3 is 16.2 Å². The molecule has 0 aliphatic heterocycles. The largest absolute Gasteiger partial charge is 0.495 e. The van der Waals surface area contributed by atoms with Crippen molar-refractivity contribution in [2.24, 2.45) is 21.7 Å². The van der Waals surface area contributed by atoms with Crippen LogP contribution in [0.3, 0.4) is 0 Å². The number of guanidine groups is 2. The van der Waals surface area contributed by atoms with Crippen molar-refractivity contribution < 1.29 is 4.74 Å². The molecule has 0 heterocycles. The monoisotopic (exact) mass is 362 g/mol. The molecule has 0 fully saturated rings. The van der Waals surface area contributed by atoms with Crippen LogP contribution in [0.5, 0.6) is 5.75 Å². The van der Waals surface area contributed by atoms with Crippen molar-refractivity contribution in [2.75, 3.05) is 7.11 Å². The maximum absolute atomic E-state index is 7.03. The van der Waals surface area contributed by atoms with Gasteiger partial charge in [0.25, 0.3) is 0 Å². The smallest absolute Gasteiger partial charge is 0.206 e. The summed E-state index contributed by atoms with van der Waals surface area (Å²) in [6, 6.07) is 3.72. The lowest BCUT2D eigenvalue weighted by molar-refractivity contribution is 0.413. The minimum absolute atomic E-state index is 0. The highest BCUT2D eigenvalue weighted by Gasteiger charge is 2.08. The molecule has 0 atom stereocenters. The summed E-state index contributed by atoms with van der Waals surface area (Å²) >= 11 is 0. The van der Waals surface area contributed by atoms with Gasteiger partial charge in [-0.1, -0.05) is 0 Å². The highest BCUT2D eigenvalue weighted by molar-refractivity contribution is 5.93. The van der Waals surface area contributed by atoms with Crippen LogP contribution in [0.4, 0.5) is 0 Å². The highest BCUT2D eigenvalue weighted by atomic mass is 35.5. The molecule has 0 aliphatic carbocycles. The second-order valence-electron chi connectivity index (χ2n) is 4.04. The standard InChI is InChI=1S/C12H18N8O.2ClH/c1-7-3-8(5-17-19-11(13)14)10(21-2)9(4-7)6-18-20-12(15)16;;/h3-6H,1-2H3,(H4,13,14,19)(H4,15,16,20);2*1H. The van der Waals surface area contributed by atoms with E-state index < -0.39 is 0 Å². The molecule has 1 rings (SSSR count). The Kier molecular flexibility index (Phi) is 11.0. The van der Waals surface area contributed by atoms with E-state index in [4.69, 9.17) is 27.0 Å². The first-order chi connectivity index (χ1) is 9.93. The number of ether oxygens (including phenoxy) is 1. The first kappa shape index (κ1) is 22.8. The lowest BCUT2D eigenvalue weighted by Crippen LogP contribution is -2.25. The third kappa shape index (κ3) is 7.88. The lowest BCUT2D eigenvalue weighted by Gasteiger charge is -2.10. The molecule has 0 radical (unpaired) electrons. The van der Waals surface area contributed by atoms with E-state index >= 15 is 0 Å². The van der Waals surface area contributed by atoms with E-state index in [2.05, 4.69) is 21.1 Å². The van der Waals surface area contributed by atoms with Gasteiger partial charge in [0.2, 0.25) is 11.9 Å². The Labute approximate surface area is 146 Å². The van der Waals surface area contributed by atoms with Crippen LogP contribution in [0.2, 0.25) is 0 Å². The molecule has 1 aromatic carbocycles. The SMILES string of the molecule is COc1c(C=NNC(=N)N)cc(C)cc1C=NNC(=N)N.Cl.Cl. The summed E-state index contributed by atoms with van der Waals surface area (Å²) in [6.45, 7) is 1.91. The maximum Gasteiger partial charge on any atom is 0.206 e. The predicted molar refractivity (Wildman–Crippen MR) is 97.5 cm³/mol. The van der Waals surface area contributed by atoms with E-state index in [1.807, 2.05) is 19.1 Å². The zero-order valence-electron chi connectivity index (χ0n) is 12.6. The van der Waals surface area contributed by atoms with Crippen LogP contribution in [-0.2, 0) is 0 Å². The van der Waals surface area contributed by atoms with Crippen molar-refractivity contribution in [3.05, 3.63) is 28.8 Å². The zero-order chi connectivity index (χ0) is 15.8. The Bertz CT molecular complexity index is 556. The Balaban J connectivity index is 0. The summed E-state index contributed by atoms with van der Waals surface area (Å²) in [4.78, 5) is 0. The number of hydrazone groups is 2. The number of aryl methyl sites for hydroxylation is 1. The molecule has 0 aromatic heterocycles. The van der Waals surface area contributed by atoms with E-state index in [1.165, 1.54) is 19.5 Å². The van der Waals surface area contributed by atoms with Crippen LogP contribution in [0.1, 0.15) is 16.7 Å². The fourth-order valence-electron chi connectivity index (χ4n) is 1.60. The molecule has 8 N–H and O–H groups in total. The number of hydrogen-bond acceptors (Lipinski definition) is 5. The van der Waals surface area contributed by atoms with Gasteiger partial charge in [-0.15, -0.1) is 24.8 Å². The third-order valence-corrected chi connectivity index (χ3v) is 2.27. The topological polar surface area (TPSA) is 158 Å². The highest BCUT2D eigenvalue weighted by Crippen LogP contribution is 2.23. The fourth-order valence-corrected chi connectivity index (χ4v) is 1.60. The first-order valence-corrected chi connectivity index (χ1v) is 5.89. The molecule has 0 amide bonds. The van der Waals surface area contributed by atoms with Crippen LogP contribution in [0.15, 0.2) is 22.3 Å². The fraction of sp³-hybridized carbons (Fsp3) is 0.167. The molecule has 9 nitrogen and oxygen atoms in total. The summed E-state index contributed by atoms with van der Waals surface area (Å²) < 4.78 is 5.34. The number of methoxy groups -OCH3 is 1. The van der Waals surface area contributed by atoms with Gasteiger partial charge in [-0.25, -0.2) is 10.9 Å². The van der Waals surface area contributed by atoms with E-state index in [1.54, 1.807) is 0 Å². The molecule has 0 unspecified atom stereocenters. The summed E-state index contributed by atoms with van der Waals surface area (Å²) in [7, 11) is 1.52. The lowest BCUT2D eigenvalue weighted by atomic mass is 10.1. The van der Waals surface area contributed by atoms with Crippen molar-refractivity contribution in [1.82, 2.24) is 10.9 Å². The summed E-state index contributed by atoms with van der Waals surface area (Å²) in [5.41, 5.74) is 17.3. The average molecular weight is 363 g/mol. The van der Waals surface area contributed by atoms with Gasteiger partial charge >= 0.3 is 0 Å². The molecular formula is C12H20Cl2N8O. The molecule has 128 valence electrons. The minimum Gasteiger partial charge on any atom is -0.495 e. The molecular weight excluding hydrogens is 343 g/mol. The van der Waals surface area contributed by atoms with Crippen LogP contribution in [0, 0.1) is 17.7 Å². The van der Waals surface area contributed by atoms with Crippen LogP contribution < -0.4 is 27.1 Å². The van der Waals surface area contributed by atoms with Gasteiger partial charge in [0.1, 0.15) is 5.75 Å². The molecule has 1 aromatic rings. The van der Waals surface area contributed by atoms with Gasteiger partial charge in [0.05, 0.1) is 19.5 Å². The van der Waals surface area contributed by atoms with Gasteiger partial charge in [0.15, 0.2) is 0 Å². The second kappa shape index (κ2) is 11.1. The molecule has 11 heteroatoms. The van der Waals surface area contributed by atoms with Gasteiger partial charge in [-0.05, 0) is 24.6 Å². The molecule has 0 saturated carbocycles. The maximum atomic E-state index is 7.03. The van der Waals surface area contributed by atoms with Crippen molar-refractivity contribution >= 4 is 49.2 Å². The average Bonchev–Trinajstić information content (AvgIpc) is 2.37. The number of nitrogens with zero attached hydrogens (tertiary/aromatic N) is 2. The van der Waals surface area contributed by atoms with Crippen LogP contribution >= 0.6 is 24.8 Å². The van der Waals surface area contributed by atoms with Crippen LogP contribution in [-0.4, -0.2) is 31.5 Å². The molecule has 0 bridgehead atoms. The second-order valence-corrected chi connectivity index (χ2v) is 4.04. The summed E-state index contributed by atoms with van der Waals surface area (Å²) in [6.07, 6.45) is 2.98. The first-order valence-electron chi connectivity index (χ1n) is 5.89. The van der Waals surface area contributed by atoms with E-state index in [-0.39, 0.29) is 36.7 Å². The molecule has 0 aliphatic rings. The number of rotatable bonds is 5. The van der Waals surface area contributed by atoms with E-state index in [0.717, 1.165) is 5.56 Å². The molecule has 0 spiro atoms. The van der Waals surface area contributed by atoms with E-state index in [9.17, 15) is 0 Å². The van der Waals surface area contributed by atoms with Gasteiger partial charge in [-0.2, -0.15) is 10.2 Å². The summed E-state index contributed by atoms with van der Waals surface area (Å²) in [5.74, 6) is 0.0273. The number of hydrogen-bond donors (Lipinski definition) is 6. The normalized spacial score (nSPS) is 9.83. The van der Waals surface area contributed by atoms with Crippen molar-refractivity contribution in [1.29, 1.82) is 10.8 Å². The van der Waals surface area contributed by atoms with Crippen molar-refractivity contribution in [2.45, 2.75) is 6.92 Å². The van der Waals surface area contributed by atoms with Gasteiger partial charge in [0, 0.05) is 11.1 Å². The Morgan fingerprint density at radius 3 is 1.74 bits per heavy atom. The molecule has 23 heavy (non-hydrogen) atoms. The molecule has 0 saturated heterocycles. The Morgan fingerprint density at radius 2 is 1.43 bits per heavy atom. The summed E-state index contributed by atoms with van der Waals surface area (Å²) in [5, 5.41) is 21.7. The van der Waals surface area contributed by atoms with Crippen LogP contribution in [0.25, 0.3) is 0 Å². The third-order valence-electron chi connectivity index (χ3n) is 2.27. The number of halogens is 2. The number of benzene rings is 1. The minimum atomic E-state index is -0.259. The van der Waals surface area contributed by atoms with E-state index in [0.29, 0.717) is 16.9 Å². The van der Waals surface area contributed by atoms with Crippen molar-refractivity contribution in [3.8, 4) is 5.75 Å². The number of nitrogens with one attached hydrogen (secondary N) is 4. The number of nitrogens with two attached hydrogens (primary N) is 2. The Hall–Kier alpha value is -2.52.